The third kappa shape index (κ3) is 6.99. The van der Waals surface area contributed by atoms with Gasteiger partial charge in [-0.25, -0.2) is 19.5 Å². The van der Waals surface area contributed by atoms with Gasteiger partial charge in [-0.15, -0.1) is 0 Å². The number of rotatable bonds is 9. The first-order chi connectivity index (χ1) is 23.4. The van der Waals surface area contributed by atoms with E-state index < -0.39 is 35.5 Å². The van der Waals surface area contributed by atoms with Crippen LogP contribution in [0.3, 0.4) is 0 Å². The van der Waals surface area contributed by atoms with E-state index in [2.05, 4.69) is 20.3 Å². The first-order valence-corrected chi connectivity index (χ1v) is 16.0. The van der Waals surface area contributed by atoms with Crippen LogP contribution in [0.4, 0.5) is 13.6 Å². The topological polar surface area (TPSA) is 157 Å². The van der Waals surface area contributed by atoms with Gasteiger partial charge in [0, 0.05) is 30.4 Å². The summed E-state index contributed by atoms with van der Waals surface area (Å²) < 4.78 is 38.1. The highest BCUT2D eigenvalue weighted by Crippen LogP contribution is 2.45. The summed E-state index contributed by atoms with van der Waals surface area (Å²) in [5, 5.41) is 10.8. The van der Waals surface area contributed by atoms with Gasteiger partial charge in [0.05, 0.1) is 30.5 Å². The lowest BCUT2D eigenvalue weighted by Crippen LogP contribution is -2.48. The van der Waals surface area contributed by atoms with Crippen molar-refractivity contribution in [3.63, 3.8) is 0 Å². The highest BCUT2D eigenvalue weighted by Gasteiger charge is 2.53. The number of benzene rings is 2. The molecule has 0 radical (unpaired) electrons. The summed E-state index contributed by atoms with van der Waals surface area (Å²) in [5.74, 6) is -0.0616. The standard InChI is InChI=1S/C33H36ClF2N9O4/c1-32(2,3)18-33(23-7-4-20(5-8-23)22-15-40-44(16-22)29(35)36)28(46)45(30(37)41-33)26(17-49-31(47)43-10-12-48-13-11-43)21-6-9-25(34)24(14-21)27-38-19-39-42-27/h4-9,14-16,19,26,29H,10-13,17-18H2,1-3H3,(H2,37,41)(H,38,39,42)/t26-,33-/m1/s1. The maximum absolute atomic E-state index is 14.9. The molecule has 2 aliphatic rings. The zero-order valence-corrected chi connectivity index (χ0v) is 27.9. The fraction of sp³-hybridized carbons (Fsp3) is 0.394. The van der Waals surface area contributed by atoms with Crippen LogP contribution in [0.2, 0.25) is 5.02 Å². The third-order valence-corrected chi connectivity index (χ3v) is 8.73. The summed E-state index contributed by atoms with van der Waals surface area (Å²) in [6, 6.07) is 11.2. The summed E-state index contributed by atoms with van der Waals surface area (Å²) >= 11 is 6.55. The van der Waals surface area contributed by atoms with E-state index in [1.54, 1.807) is 47.4 Å². The average molecular weight is 696 g/mol. The molecule has 49 heavy (non-hydrogen) atoms. The van der Waals surface area contributed by atoms with Crippen molar-refractivity contribution in [1.29, 1.82) is 0 Å². The van der Waals surface area contributed by atoms with E-state index in [0.717, 1.165) is 0 Å². The Bertz CT molecular complexity index is 1840. The number of nitrogens with one attached hydrogen (secondary N) is 1. The highest BCUT2D eigenvalue weighted by molar-refractivity contribution is 6.33. The molecule has 2 aromatic heterocycles. The lowest BCUT2D eigenvalue weighted by molar-refractivity contribution is -0.135. The second-order valence-corrected chi connectivity index (χ2v) is 13.5. The largest absolute Gasteiger partial charge is 0.447 e. The number of hydrogen-bond acceptors (Lipinski definition) is 9. The number of hydrogen-bond donors (Lipinski definition) is 2. The van der Waals surface area contributed by atoms with Crippen molar-refractivity contribution in [2.45, 2.75) is 45.3 Å². The van der Waals surface area contributed by atoms with Crippen LogP contribution in [0, 0.1) is 5.41 Å². The molecule has 3 N–H and O–H groups in total. The predicted octanol–water partition coefficient (Wildman–Crippen LogP) is 5.38. The molecule has 2 atom stereocenters. The van der Waals surface area contributed by atoms with Crippen LogP contribution in [-0.2, 0) is 19.8 Å². The number of aliphatic imine (C=N–C) groups is 1. The molecule has 0 spiro atoms. The molecule has 258 valence electrons. The zero-order chi connectivity index (χ0) is 34.9. The second kappa shape index (κ2) is 13.6. The average Bonchev–Trinajstić information content (AvgIpc) is 3.84. The van der Waals surface area contributed by atoms with Crippen molar-refractivity contribution in [2.75, 3.05) is 32.9 Å². The normalized spacial score (nSPS) is 19.0. The van der Waals surface area contributed by atoms with Gasteiger partial charge in [-0.3, -0.25) is 14.8 Å². The molecule has 16 heteroatoms. The number of halogens is 3. The number of carbonyl (C=O) groups is 2. The Morgan fingerprint density at radius 3 is 2.51 bits per heavy atom. The van der Waals surface area contributed by atoms with Gasteiger partial charge in [0.2, 0.25) is 0 Å². The Morgan fingerprint density at radius 1 is 1.14 bits per heavy atom. The zero-order valence-electron chi connectivity index (χ0n) is 27.1. The third-order valence-electron chi connectivity index (χ3n) is 8.40. The van der Waals surface area contributed by atoms with E-state index >= 15 is 0 Å². The molecule has 1 fully saturated rings. The van der Waals surface area contributed by atoms with Gasteiger partial charge in [-0.2, -0.15) is 19.0 Å². The smallest absolute Gasteiger partial charge is 0.410 e. The summed E-state index contributed by atoms with van der Waals surface area (Å²) in [6.45, 7) is 4.51. The number of alkyl halides is 2. The van der Waals surface area contributed by atoms with Crippen LogP contribution >= 0.6 is 11.6 Å². The van der Waals surface area contributed by atoms with E-state index in [-0.39, 0.29) is 19.0 Å². The van der Waals surface area contributed by atoms with Crippen LogP contribution in [0.1, 0.15) is 50.9 Å². The Labute approximate surface area is 286 Å². The molecule has 6 rings (SSSR count). The van der Waals surface area contributed by atoms with Crippen LogP contribution in [0.25, 0.3) is 22.5 Å². The second-order valence-electron chi connectivity index (χ2n) is 13.1. The number of aromatic amines is 1. The van der Waals surface area contributed by atoms with Gasteiger partial charge in [0.15, 0.2) is 17.3 Å². The molecule has 4 aromatic rings. The minimum Gasteiger partial charge on any atom is -0.447 e. The number of aromatic nitrogens is 5. The molecule has 2 aliphatic heterocycles. The van der Waals surface area contributed by atoms with E-state index in [1.807, 2.05) is 20.8 Å². The van der Waals surface area contributed by atoms with Crippen LogP contribution in [-0.4, -0.2) is 85.6 Å². The lowest BCUT2D eigenvalue weighted by Gasteiger charge is -2.35. The van der Waals surface area contributed by atoms with Crippen molar-refractivity contribution in [2.24, 2.45) is 16.1 Å². The number of amides is 2. The maximum atomic E-state index is 14.9. The maximum Gasteiger partial charge on any atom is 0.410 e. The summed E-state index contributed by atoms with van der Waals surface area (Å²) in [5.41, 5.74) is 7.59. The Hall–Kier alpha value is -4.89. The number of carbonyl (C=O) groups excluding carboxylic acids is 2. The summed E-state index contributed by atoms with van der Waals surface area (Å²) in [6.07, 6.45) is 3.69. The molecule has 0 aliphatic carbocycles. The number of nitrogens with zero attached hydrogens (tertiary/aromatic N) is 7. The van der Waals surface area contributed by atoms with Gasteiger partial charge in [0.25, 0.3) is 5.91 Å². The number of guanidine groups is 1. The summed E-state index contributed by atoms with van der Waals surface area (Å²) in [7, 11) is 0. The fourth-order valence-corrected chi connectivity index (χ4v) is 6.39. The Balaban J connectivity index is 1.38. The van der Waals surface area contributed by atoms with Crippen LogP contribution in [0.5, 0.6) is 0 Å². The molecular formula is C33H36ClF2N9O4. The highest BCUT2D eigenvalue weighted by atomic mass is 35.5. The van der Waals surface area contributed by atoms with Gasteiger partial charge < -0.3 is 20.1 Å². The van der Waals surface area contributed by atoms with Crippen molar-refractivity contribution >= 4 is 29.6 Å². The predicted molar refractivity (Wildman–Crippen MR) is 176 cm³/mol. The van der Waals surface area contributed by atoms with Crippen molar-refractivity contribution in [3.8, 4) is 22.5 Å². The SMILES string of the molecule is CC(C)(C)C[C@]1(c2ccc(-c3cnn(C(F)F)c3)cc2)N=C(N)N([C@H](COC(=O)N2CCOCC2)c2ccc(Cl)c(-c3ncn[nH]3)c2)C1=O. The van der Waals surface area contributed by atoms with Crippen molar-refractivity contribution in [3.05, 3.63) is 77.3 Å². The van der Waals surface area contributed by atoms with Gasteiger partial charge >= 0.3 is 12.6 Å². The first kappa shape index (κ1) is 34.0. The van der Waals surface area contributed by atoms with Crippen LogP contribution in [0.15, 0.2) is 66.2 Å². The van der Waals surface area contributed by atoms with Crippen LogP contribution < -0.4 is 5.73 Å². The van der Waals surface area contributed by atoms with Crippen molar-refractivity contribution < 1.29 is 27.8 Å². The minimum absolute atomic E-state index is 0.0554. The molecule has 13 nitrogen and oxygen atoms in total. The Kier molecular flexibility index (Phi) is 9.40. The monoisotopic (exact) mass is 695 g/mol. The first-order valence-electron chi connectivity index (χ1n) is 15.6. The number of H-pyrrole nitrogens is 1. The van der Waals surface area contributed by atoms with Gasteiger partial charge in [-0.05, 0) is 40.7 Å². The Morgan fingerprint density at radius 2 is 1.88 bits per heavy atom. The van der Waals surface area contributed by atoms with E-state index in [9.17, 15) is 18.4 Å². The quantitative estimate of drug-likeness (QED) is 0.236. The number of ether oxygens (including phenoxy) is 2. The number of morpholine rings is 1. The fourth-order valence-electron chi connectivity index (χ4n) is 6.18. The molecule has 0 bridgehead atoms. The molecule has 0 saturated carbocycles. The van der Waals surface area contributed by atoms with E-state index in [1.165, 1.54) is 23.6 Å². The molecule has 1 saturated heterocycles. The van der Waals surface area contributed by atoms with E-state index in [4.69, 9.17) is 31.8 Å². The molecule has 2 amide bonds. The molecular weight excluding hydrogens is 660 g/mol. The minimum atomic E-state index is -2.77. The molecule has 4 heterocycles. The molecule has 2 aromatic carbocycles. The summed E-state index contributed by atoms with van der Waals surface area (Å²) in [4.78, 5) is 40.0. The molecule has 0 unspecified atom stereocenters. The van der Waals surface area contributed by atoms with E-state index in [0.29, 0.717) is 69.6 Å². The van der Waals surface area contributed by atoms with Gasteiger partial charge in [-0.1, -0.05) is 62.7 Å². The van der Waals surface area contributed by atoms with Gasteiger partial charge in [0.1, 0.15) is 12.9 Å². The number of nitrogens with two attached hydrogens (primary N) is 1. The lowest BCUT2D eigenvalue weighted by atomic mass is 9.75. The van der Waals surface area contributed by atoms with Crippen molar-refractivity contribution in [1.82, 2.24) is 34.8 Å².